The summed E-state index contributed by atoms with van der Waals surface area (Å²) in [5, 5.41) is 3.02. The number of anilines is 1. The summed E-state index contributed by atoms with van der Waals surface area (Å²) in [7, 11) is 1.58. The van der Waals surface area contributed by atoms with E-state index in [0.29, 0.717) is 36.6 Å². The van der Waals surface area contributed by atoms with E-state index < -0.39 is 0 Å². The molecule has 0 bridgehead atoms. The van der Waals surface area contributed by atoms with Gasteiger partial charge in [0.05, 0.1) is 7.11 Å². The van der Waals surface area contributed by atoms with E-state index in [-0.39, 0.29) is 23.1 Å². The predicted molar refractivity (Wildman–Crippen MR) is 132 cm³/mol. The number of benzene rings is 2. The summed E-state index contributed by atoms with van der Waals surface area (Å²) >= 11 is 0. The van der Waals surface area contributed by atoms with E-state index >= 15 is 0 Å². The summed E-state index contributed by atoms with van der Waals surface area (Å²) in [6, 6.07) is 14.7. The maximum absolute atomic E-state index is 13.5. The summed E-state index contributed by atoms with van der Waals surface area (Å²) in [6.07, 6.45) is 5.33. The second kappa shape index (κ2) is 11.3. The van der Waals surface area contributed by atoms with Crippen molar-refractivity contribution < 1.29 is 14.3 Å². The Morgan fingerprint density at radius 1 is 1.09 bits per heavy atom. The van der Waals surface area contributed by atoms with Crippen molar-refractivity contribution in [1.29, 1.82) is 0 Å². The fourth-order valence-electron chi connectivity index (χ4n) is 4.35. The summed E-state index contributed by atoms with van der Waals surface area (Å²) in [5.74, 6) is 0.689. The van der Waals surface area contributed by atoms with E-state index in [4.69, 9.17) is 10.5 Å². The quantitative estimate of drug-likeness (QED) is 0.571. The van der Waals surface area contributed by atoms with E-state index in [1.165, 1.54) is 6.42 Å². The number of methoxy groups -OCH3 is 1. The molecular weight excluding hydrogens is 414 g/mol. The van der Waals surface area contributed by atoms with Gasteiger partial charge in [0.1, 0.15) is 5.75 Å². The van der Waals surface area contributed by atoms with Crippen LogP contribution >= 0.6 is 0 Å². The van der Waals surface area contributed by atoms with Crippen LogP contribution in [0.3, 0.4) is 0 Å². The summed E-state index contributed by atoms with van der Waals surface area (Å²) in [5.41, 5.74) is 7.94. The van der Waals surface area contributed by atoms with Gasteiger partial charge in [-0.15, -0.1) is 0 Å². The lowest BCUT2D eigenvalue weighted by Gasteiger charge is -2.35. The second-order valence-electron chi connectivity index (χ2n) is 9.74. The molecule has 2 amide bonds. The molecule has 33 heavy (non-hydrogen) atoms. The minimum absolute atomic E-state index is 0.0749. The van der Waals surface area contributed by atoms with Crippen LogP contribution in [0.25, 0.3) is 0 Å². The largest absolute Gasteiger partial charge is 0.497 e. The zero-order valence-electron chi connectivity index (χ0n) is 20.1. The van der Waals surface area contributed by atoms with Crippen LogP contribution in [0.2, 0.25) is 0 Å². The molecule has 6 nitrogen and oxygen atoms in total. The van der Waals surface area contributed by atoms with Gasteiger partial charge in [-0.25, -0.2) is 0 Å². The number of hydrogen-bond acceptors (Lipinski definition) is 4. The Morgan fingerprint density at radius 2 is 1.82 bits per heavy atom. The molecule has 2 aromatic carbocycles. The normalized spacial score (nSPS) is 14.5. The average Bonchev–Trinajstić information content (AvgIpc) is 2.84. The molecule has 1 saturated carbocycles. The standard InChI is InChI=1S/C27H37N3O3/c1-27(2,18-28)19-30(26(32)20-10-5-4-6-11-20)17-22-12-7-8-15-24(22)29-25(31)21-13-9-14-23(16-21)33-3/h7-9,12-16,20H,4-6,10-11,17-19,28H2,1-3H3,(H,29,31). The van der Waals surface area contributed by atoms with Crippen LogP contribution in [0.4, 0.5) is 5.69 Å². The summed E-state index contributed by atoms with van der Waals surface area (Å²) < 4.78 is 5.24. The molecule has 0 radical (unpaired) electrons. The number of amides is 2. The van der Waals surface area contributed by atoms with Crippen molar-refractivity contribution in [2.24, 2.45) is 17.1 Å². The molecule has 1 fully saturated rings. The Morgan fingerprint density at radius 3 is 2.52 bits per heavy atom. The molecule has 3 rings (SSSR count). The Balaban J connectivity index is 1.82. The molecule has 2 aromatic rings. The minimum Gasteiger partial charge on any atom is -0.497 e. The number of nitrogens with one attached hydrogen (secondary N) is 1. The number of carbonyl (C=O) groups excluding carboxylic acids is 2. The SMILES string of the molecule is COc1cccc(C(=O)Nc2ccccc2CN(CC(C)(C)CN)C(=O)C2CCCCC2)c1. The molecule has 1 aliphatic rings. The third kappa shape index (κ3) is 6.81. The van der Waals surface area contributed by atoms with Gasteiger partial charge in [0.15, 0.2) is 0 Å². The van der Waals surface area contributed by atoms with Crippen LogP contribution in [-0.4, -0.2) is 36.9 Å². The van der Waals surface area contributed by atoms with Crippen molar-refractivity contribution in [3.63, 3.8) is 0 Å². The highest BCUT2D eigenvalue weighted by Gasteiger charge is 2.30. The molecule has 0 aromatic heterocycles. The molecule has 0 heterocycles. The van der Waals surface area contributed by atoms with Crippen molar-refractivity contribution in [3.05, 3.63) is 59.7 Å². The number of rotatable bonds is 9. The van der Waals surface area contributed by atoms with Crippen LogP contribution in [0.5, 0.6) is 5.75 Å². The van der Waals surface area contributed by atoms with Gasteiger partial charge in [0.2, 0.25) is 5.91 Å². The number of para-hydroxylation sites is 1. The van der Waals surface area contributed by atoms with Crippen molar-refractivity contribution >= 4 is 17.5 Å². The molecule has 3 N–H and O–H groups in total. The zero-order chi connectivity index (χ0) is 23.8. The van der Waals surface area contributed by atoms with Crippen molar-refractivity contribution in [2.75, 3.05) is 25.5 Å². The highest BCUT2D eigenvalue weighted by Crippen LogP contribution is 2.29. The fourth-order valence-corrected chi connectivity index (χ4v) is 4.35. The zero-order valence-corrected chi connectivity index (χ0v) is 20.1. The molecule has 0 atom stereocenters. The molecular formula is C27H37N3O3. The van der Waals surface area contributed by atoms with E-state index in [0.717, 1.165) is 31.2 Å². The monoisotopic (exact) mass is 451 g/mol. The summed E-state index contributed by atoms with van der Waals surface area (Å²) in [6.45, 7) is 5.69. The van der Waals surface area contributed by atoms with Crippen LogP contribution < -0.4 is 15.8 Å². The Labute approximate surface area is 197 Å². The lowest BCUT2D eigenvalue weighted by Crippen LogP contribution is -2.44. The van der Waals surface area contributed by atoms with Gasteiger partial charge in [-0.2, -0.15) is 0 Å². The van der Waals surface area contributed by atoms with Gasteiger partial charge in [-0.3, -0.25) is 9.59 Å². The van der Waals surface area contributed by atoms with Gasteiger partial charge in [-0.1, -0.05) is 57.4 Å². The van der Waals surface area contributed by atoms with E-state index in [1.54, 1.807) is 31.4 Å². The molecule has 6 heteroatoms. The van der Waals surface area contributed by atoms with Gasteiger partial charge in [0, 0.05) is 30.3 Å². The Bertz CT molecular complexity index is 951. The van der Waals surface area contributed by atoms with E-state index in [1.807, 2.05) is 29.2 Å². The lowest BCUT2D eigenvalue weighted by atomic mass is 9.86. The maximum atomic E-state index is 13.5. The second-order valence-corrected chi connectivity index (χ2v) is 9.74. The number of nitrogens with two attached hydrogens (primary N) is 1. The molecule has 0 saturated heterocycles. The Kier molecular flexibility index (Phi) is 8.50. The van der Waals surface area contributed by atoms with Crippen molar-refractivity contribution in [2.45, 2.75) is 52.5 Å². The van der Waals surface area contributed by atoms with Crippen LogP contribution in [0.15, 0.2) is 48.5 Å². The first-order chi connectivity index (χ1) is 15.8. The topological polar surface area (TPSA) is 84.7 Å². The van der Waals surface area contributed by atoms with Crippen molar-refractivity contribution in [1.82, 2.24) is 4.90 Å². The van der Waals surface area contributed by atoms with Gasteiger partial charge < -0.3 is 20.7 Å². The first kappa shape index (κ1) is 24.8. The number of ether oxygens (including phenoxy) is 1. The number of nitrogens with zero attached hydrogens (tertiary/aromatic N) is 1. The van der Waals surface area contributed by atoms with Crippen LogP contribution in [0, 0.1) is 11.3 Å². The van der Waals surface area contributed by atoms with E-state index in [9.17, 15) is 9.59 Å². The highest BCUT2D eigenvalue weighted by molar-refractivity contribution is 6.04. The average molecular weight is 452 g/mol. The van der Waals surface area contributed by atoms with Crippen LogP contribution in [-0.2, 0) is 11.3 Å². The van der Waals surface area contributed by atoms with Crippen LogP contribution in [0.1, 0.15) is 61.9 Å². The third-order valence-corrected chi connectivity index (χ3v) is 6.40. The van der Waals surface area contributed by atoms with Gasteiger partial charge >= 0.3 is 0 Å². The molecule has 0 spiro atoms. The fraction of sp³-hybridized carbons (Fsp3) is 0.481. The molecule has 178 valence electrons. The maximum Gasteiger partial charge on any atom is 0.255 e. The minimum atomic E-state index is -0.214. The first-order valence-corrected chi connectivity index (χ1v) is 11.8. The lowest BCUT2D eigenvalue weighted by molar-refractivity contribution is -0.138. The third-order valence-electron chi connectivity index (χ3n) is 6.40. The highest BCUT2D eigenvalue weighted by atomic mass is 16.5. The number of carbonyl (C=O) groups is 2. The first-order valence-electron chi connectivity index (χ1n) is 11.8. The number of hydrogen-bond donors (Lipinski definition) is 2. The van der Waals surface area contributed by atoms with Crippen molar-refractivity contribution in [3.8, 4) is 5.75 Å². The van der Waals surface area contributed by atoms with E-state index in [2.05, 4.69) is 19.2 Å². The Hall–Kier alpha value is -2.86. The molecule has 1 aliphatic carbocycles. The molecule has 0 aliphatic heterocycles. The predicted octanol–water partition coefficient (Wildman–Crippen LogP) is 4.84. The molecule has 0 unspecified atom stereocenters. The van der Waals surface area contributed by atoms with Gasteiger partial charge in [0.25, 0.3) is 5.91 Å². The van der Waals surface area contributed by atoms with Gasteiger partial charge in [-0.05, 0) is 54.6 Å². The summed E-state index contributed by atoms with van der Waals surface area (Å²) in [4.78, 5) is 28.4. The smallest absolute Gasteiger partial charge is 0.255 e.